The molecule has 0 bridgehead atoms. The van der Waals surface area contributed by atoms with Crippen molar-refractivity contribution in [3.05, 3.63) is 10.0 Å². The van der Waals surface area contributed by atoms with Crippen molar-refractivity contribution in [2.75, 3.05) is 26.8 Å². The van der Waals surface area contributed by atoms with E-state index in [9.17, 15) is 0 Å². The molecule has 1 aromatic rings. The van der Waals surface area contributed by atoms with Gasteiger partial charge in [-0.15, -0.1) is 21.5 Å². The Morgan fingerprint density at radius 2 is 1.94 bits per heavy atom. The largest absolute Gasteiger partial charge is 0.384 e. The molecule has 1 aromatic heterocycles. The van der Waals surface area contributed by atoms with E-state index in [0.717, 1.165) is 42.6 Å². The zero-order valence-electron chi connectivity index (χ0n) is 11.9. The molecule has 0 aliphatic rings. The number of methoxy groups -OCH3 is 1. The lowest BCUT2D eigenvalue weighted by Crippen LogP contribution is -2.22. The van der Waals surface area contributed by atoms with Gasteiger partial charge in [-0.2, -0.15) is 0 Å². The summed E-state index contributed by atoms with van der Waals surface area (Å²) in [4.78, 5) is 0. The maximum Gasteiger partial charge on any atom is 0.118 e. The Kier molecular flexibility index (Phi) is 7.39. The smallest absolute Gasteiger partial charge is 0.118 e. The van der Waals surface area contributed by atoms with Crippen LogP contribution in [0.15, 0.2) is 0 Å². The molecule has 0 saturated heterocycles. The van der Waals surface area contributed by atoms with Gasteiger partial charge in [-0.25, -0.2) is 0 Å². The summed E-state index contributed by atoms with van der Waals surface area (Å²) >= 11 is 1.73. The predicted molar refractivity (Wildman–Crippen MR) is 76.1 cm³/mol. The number of hydrogen-bond acceptors (Lipinski definition) is 5. The minimum Gasteiger partial charge on any atom is -0.384 e. The maximum atomic E-state index is 5.13. The van der Waals surface area contributed by atoms with Gasteiger partial charge in [0.15, 0.2) is 0 Å². The first-order valence-corrected chi connectivity index (χ1v) is 7.44. The highest BCUT2D eigenvalue weighted by molar-refractivity contribution is 7.11. The SMILES string of the molecule is COCC(C)Cc1nnc(CCNCC(C)C)s1. The molecule has 0 aliphatic carbocycles. The zero-order chi connectivity index (χ0) is 13.4. The average Bonchev–Trinajstić information content (AvgIpc) is 2.72. The van der Waals surface area contributed by atoms with E-state index < -0.39 is 0 Å². The zero-order valence-corrected chi connectivity index (χ0v) is 12.7. The van der Waals surface area contributed by atoms with E-state index in [-0.39, 0.29) is 0 Å². The Morgan fingerprint density at radius 3 is 2.61 bits per heavy atom. The predicted octanol–water partition coefficient (Wildman–Crippen LogP) is 2.15. The van der Waals surface area contributed by atoms with Crippen molar-refractivity contribution in [1.29, 1.82) is 0 Å². The van der Waals surface area contributed by atoms with Crippen LogP contribution in [-0.2, 0) is 17.6 Å². The lowest BCUT2D eigenvalue weighted by Gasteiger charge is -2.06. The van der Waals surface area contributed by atoms with Crippen molar-refractivity contribution in [1.82, 2.24) is 15.5 Å². The maximum absolute atomic E-state index is 5.13. The van der Waals surface area contributed by atoms with Crippen LogP contribution in [0.3, 0.4) is 0 Å². The van der Waals surface area contributed by atoms with Gasteiger partial charge in [0.25, 0.3) is 0 Å². The third-order valence-electron chi connectivity index (χ3n) is 2.55. The van der Waals surface area contributed by atoms with Crippen molar-refractivity contribution in [3.63, 3.8) is 0 Å². The minimum absolute atomic E-state index is 0.509. The number of nitrogens with zero attached hydrogens (tertiary/aromatic N) is 2. The summed E-state index contributed by atoms with van der Waals surface area (Å²) in [6, 6.07) is 0. The summed E-state index contributed by atoms with van der Waals surface area (Å²) in [6.45, 7) is 9.44. The standard InChI is InChI=1S/C13H25N3OS/c1-10(2)8-14-6-5-12-15-16-13(18-12)7-11(3)9-17-4/h10-11,14H,5-9H2,1-4H3. The molecular weight excluding hydrogens is 246 g/mol. The lowest BCUT2D eigenvalue weighted by molar-refractivity contribution is 0.159. The first-order chi connectivity index (χ1) is 8.61. The summed E-state index contributed by atoms with van der Waals surface area (Å²) in [5, 5.41) is 14.1. The molecule has 0 saturated carbocycles. The third kappa shape index (κ3) is 6.42. The first kappa shape index (κ1) is 15.5. The first-order valence-electron chi connectivity index (χ1n) is 6.62. The van der Waals surface area contributed by atoms with Gasteiger partial charge < -0.3 is 10.1 Å². The van der Waals surface area contributed by atoms with Crippen LogP contribution >= 0.6 is 11.3 Å². The van der Waals surface area contributed by atoms with E-state index in [1.54, 1.807) is 18.4 Å². The minimum atomic E-state index is 0.509. The molecule has 1 rings (SSSR count). The summed E-state index contributed by atoms with van der Waals surface area (Å²) in [7, 11) is 1.74. The van der Waals surface area contributed by atoms with E-state index >= 15 is 0 Å². The molecule has 5 heteroatoms. The molecule has 1 N–H and O–H groups in total. The van der Waals surface area contributed by atoms with Crippen molar-refractivity contribution in [2.24, 2.45) is 11.8 Å². The van der Waals surface area contributed by atoms with Crippen LogP contribution in [0, 0.1) is 11.8 Å². The van der Waals surface area contributed by atoms with Gasteiger partial charge in [0.2, 0.25) is 0 Å². The molecule has 0 amide bonds. The van der Waals surface area contributed by atoms with Crippen LogP contribution < -0.4 is 5.32 Å². The van der Waals surface area contributed by atoms with E-state index in [0.29, 0.717) is 11.8 Å². The van der Waals surface area contributed by atoms with E-state index in [1.165, 1.54) is 0 Å². The van der Waals surface area contributed by atoms with E-state index in [1.807, 2.05) is 0 Å². The average molecular weight is 271 g/mol. The fourth-order valence-electron chi connectivity index (χ4n) is 1.70. The van der Waals surface area contributed by atoms with Crippen LogP contribution in [0.2, 0.25) is 0 Å². The molecule has 0 radical (unpaired) electrons. The second-order valence-electron chi connectivity index (χ2n) is 5.20. The van der Waals surface area contributed by atoms with Gasteiger partial charge in [-0.3, -0.25) is 0 Å². The molecule has 0 spiro atoms. The number of aromatic nitrogens is 2. The molecule has 0 aromatic carbocycles. The summed E-state index contributed by atoms with van der Waals surface area (Å²) in [6.07, 6.45) is 1.94. The second kappa shape index (κ2) is 8.56. The molecule has 1 unspecified atom stereocenters. The van der Waals surface area contributed by atoms with Crippen molar-refractivity contribution in [3.8, 4) is 0 Å². The Hall–Kier alpha value is -0.520. The van der Waals surface area contributed by atoms with Gasteiger partial charge in [0.05, 0.1) is 0 Å². The molecule has 104 valence electrons. The van der Waals surface area contributed by atoms with Crippen molar-refractivity contribution < 1.29 is 4.74 Å². The van der Waals surface area contributed by atoms with Gasteiger partial charge in [0, 0.05) is 33.1 Å². The second-order valence-corrected chi connectivity index (χ2v) is 6.35. The van der Waals surface area contributed by atoms with Gasteiger partial charge >= 0.3 is 0 Å². The Balaban J connectivity index is 2.25. The molecule has 0 fully saturated rings. The highest BCUT2D eigenvalue weighted by Crippen LogP contribution is 2.14. The number of nitrogens with one attached hydrogen (secondary N) is 1. The highest BCUT2D eigenvalue weighted by Gasteiger charge is 2.08. The molecular formula is C13H25N3OS. The van der Waals surface area contributed by atoms with Gasteiger partial charge in [-0.1, -0.05) is 20.8 Å². The third-order valence-corrected chi connectivity index (χ3v) is 3.56. The van der Waals surface area contributed by atoms with Gasteiger partial charge in [0.1, 0.15) is 10.0 Å². The number of ether oxygens (including phenoxy) is 1. The van der Waals surface area contributed by atoms with E-state index in [2.05, 4.69) is 36.3 Å². The van der Waals surface area contributed by atoms with Crippen molar-refractivity contribution in [2.45, 2.75) is 33.6 Å². The van der Waals surface area contributed by atoms with Gasteiger partial charge in [-0.05, 0) is 18.4 Å². The highest BCUT2D eigenvalue weighted by atomic mass is 32.1. The molecule has 1 atom stereocenters. The topological polar surface area (TPSA) is 47.0 Å². The monoisotopic (exact) mass is 271 g/mol. The molecule has 18 heavy (non-hydrogen) atoms. The Morgan fingerprint density at radius 1 is 1.22 bits per heavy atom. The Bertz CT molecular complexity index is 328. The van der Waals surface area contributed by atoms with Crippen LogP contribution in [0.4, 0.5) is 0 Å². The van der Waals surface area contributed by atoms with E-state index in [4.69, 9.17) is 4.74 Å². The summed E-state index contributed by atoms with van der Waals surface area (Å²) in [5.74, 6) is 1.21. The molecule has 4 nitrogen and oxygen atoms in total. The quantitative estimate of drug-likeness (QED) is 0.699. The lowest BCUT2D eigenvalue weighted by atomic mass is 10.1. The normalized spacial score (nSPS) is 13.2. The van der Waals surface area contributed by atoms with Crippen LogP contribution in [-0.4, -0.2) is 37.0 Å². The number of hydrogen-bond donors (Lipinski definition) is 1. The fraction of sp³-hybridized carbons (Fsp3) is 0.846. The Labute approximate surface area is 114 Å². The molecule has 0 aliphatic heterocycles. The van der Waals surface area contributed by atoms with Crippen LogP contribution in [0.1, 0.15) is 30.8 Å². The van der Waals surface area contributed by atoms with Crippen molar-refractivity contribution >= 4 is 11.3 Å². The van der Waals surface area contributed by atoms with Crippen LogP contribution in [0.25, 0.3) is 0 Å². The molecule has 1 heterocycles. The number of rotatable bonds is 9. The van der Waals surface area contributed by atoms with Crippen LogP contribution in [0.5, 0.6) is 0 Å². The fourth-order valence-corrected chi connectivity index (χ4v) is 2.71. The summed E-state index contributed by atoms with van der Waals surface area (Å²) in [5.41, 5.74) is 0. The summed E-state index contributed by atoms with van der Waals surface area (Å²) < 4.78 is 5.13.